The number of benzene rings is 1. The lowest BCUT2D eigenvalue weighted by Gasteiger charge is -2.26. The predicted octanol–water partition coefficient (Wildman–Crippen LogP) is 2.45. The lowest BCUT2D eigenvalue weighted by molar-refractivity contribution is 0.0408. The summed E-state index contributed by atoms with van der Waals surface area (Å²) >= 11 is 0. The van der Waals surface area contributed by atoms with Gasteiger partial charge in [-0.25, -0.2) is 0 Å². The Hall–Kier alpha value is -2.55. The Morgan fingerprint density at radius 2 is 2.12 bits per heavy atom. The van der Waals surface area contributed by atoms with Crippen LogP contribution in [0.4, 0.5) is 0 Å². The number of carbonyl (C=O) groups is 1. The summed E-state index contributed by atoms with van der Waals surface area (Å²) in [6.07, 6.45) is 0.737. The molecule has 2 heterocycles. The molecule has 0 saturated carbocycles. The first-order valence-electron chi connectivity index (χ1n) is 8.25. The van der Waals surface area contributed by atoms with Crippen molar-refractivity contribution >= 4 is 5.91 Å². The quantitative estimate of drug-likeness (QED) is 0.843. The van der Waals surface area contributed by atoms with Crippen molar-refractivity contribution in [2.24, 2.45) is 0 Å². The van der Waals surface area contributed by atoms with E-state index in [-0.39, 0.29) is 17.8 Å². The van der Waals surface area contributed by atoms with Crippen LogP contribution in [0.25, 0.3) is 0 Å². The molecule has 0 radical (unpaired) electrons. The predicted molar refractivity (Wildman–Crippen MR) is 93.1 cm³/mol. The Bertz CT molecular complexity index is 820. The molecule has 130 valence electrons. The molecule has 0 aliphatic carbocycles. The van der Waals surface area contributed by atoms with E-state index < -0.39 is 5.60 Å². The molecule has 25 heavy (non-hydrogen) atoms. The third-order valence-corrected chi connectivity index (χ3v) is 3.86. The molecule has 2 aromatic rings. The van der Waals surface area contributed by atoms with Crippen LogP contribution in [0.2, 0.25) is 0 Å². The largest absolute Gasteiger partial charge is 0.443 e. The number of ether oxygens (including phenoxy) is 1. The molecule has 1 atom stereocenters. The second kappa shape index (κ2) is 7.14. The van der Waals surface area contributed by atoms with Crippen molar-refractivity contribution in [1.82, 2.24) is 5.32 Å². The van der Waals surface area contributed by atoms with Gasteiger partial charge in [-0.05, 0) is 49.4 Å². The summed E-state index contributed by atoms with van der Waals surface area (Å²) in [4.78, 5) is 12.3. The second-order valence-electron chi connectivity index (χ2n) is 6.49. The van der Waals surface area contributed by atoms with Crippen molar-refractivity contribution in [2.45, 2.75) is 32.0 Å². The smallest absolute Gasteiger partial charge is 0.287 e. The number of rotatable bonds is 3. The van der Waals surface area contributed by atoms with Gasteiger partial charge in [-0.2, -0.15) is 0 Å². The van der Waals surface area contributed by atoms with E-state index in [1.54, 1.807) is 26.0 Å². The zero-order chi connectivity index (χ0) is 17.9. The Balaban J connectivity index is 1.62. The topological polar surface area (TPSA) is 71.7 Å². The van der Waals surface area contributed by atoms with Crippen LogP contribution in [-0.4, -0.2) is 29.8 Å². The lowest BCUT2D eigenvalue weighted by Crippen LogP contribution is -2.31. The highest BCUT2D eigenvalue weighted by Crippen LogP contribution is 2.26. The van der Waals surface area contributed by atoms with Gasteiger partial charge in [0.2, 0.25) is 0 Å². The van der Waals surface area contributed by atoms with E-state index in [1.165, 1.54) is 5.56 Å². The fourth-order valence-corrected chi connectivity index (χ4v) is 2.66. The lowest BCUT2D eigenvalue weighted by atomic mass is 9.97. The molecule has 0 saturated heterocycles. The molecule has 1 aromatic heterocycles. The van der Waals surface area contributed by atoms with Crippen LogP contribution < -0.4 is 5.32 Å². The number of amides is 1. The zero-order valence-corrected chi connectivity index (χ0v) is 14.3. The van der Waals surface area contributed by atoms with Gasteiger partial charge in [0, 0.05) is 6.54 Å². The molecule has 0 bridgehead atoms. The summed E-state index contributed by atoms with van der Waals surface area (Å²) in [5.41, 5.74) is 1.27. The molecular weight excluding hydrogens is 318 g/mol. The van der Waals surface area contributed by atoms with Gasteiger partial charge in [0.25, 0.3) is 5.91 Å². The fraction of sp³-hybridized carbons (Fsp3) is 0.350. The summed E-state index contributed by atoms with van der Waals surface area (Å²) in [6.45, 7) is 4.19. The minimum atomic E-state index is -1.11. The highest BCUT2D eigenvalue weighted by molar-refractivity contribution is 5.91. The molecular formula is C20H21NO4. The number of fused-ring (bicyclic) bond motifs is 1. The van der Waals surface area contributed by atoms with Crippen molar-refractivity contribution in [3.05, 3.63) is 59.0 Å². The van der Waals surface area contributed by atoms with Crippen LogP contribution in [0.15, 0.2) is 40.8 Å². The van der Waals surface area contributed by atoms with Gasteiger partial charge < -0.3 is 19.6 Å². The average Bonchev–Trinajstić information content (AvgIpc) is 3.06. The summed E-state index contributed by atoms with van der Waals surface area (Å²) in [7, 11) is 0. The van der Waals surface area contributed by atoms with Gasteiger partial charge in [-0.1, -0.05) is 30.2 Å². The molecule has 3 rings (SSSR count). The van der Waals surface area contributed by atoms with Gasteiger partial charge in [0.15, 0.2) is 11.5 Å². The van der Waals surface area contributed by atoms with Crippen LogP contribution in [0.1, 0.15) is 47.4 Å². The van der Waals surface area contributed by atoms with Crippen molar-refractivity contribution in [1.29, 1.82) is 0 Å². The number of aliphatic hydroxyl groups is 1. The summed E-state index contributed by atoms with van der Waals surface area (Å²) in [5, 5.41) is 12.4. The molecule has 2 N–H and O–H groups in total. The highest BCUT2D eigenvalue weighted by Gasteiger charge is 2.21. The minimum Gasteiger partial charge on any atom is -0.443 e. The maximum Gasteiger partial charge on any atom is 0.287 e. The van der Waals surface area contributed by atoms with Crippen molar-refractivity contribution in [3.63, 3.8) is 0 Å². The third kappa shape index (κ3) is 4.50. The Morgan fingerprint density at radius 3 is 2.92 bits per heavy atom. The normalized spacial score (nSPS) is 16.5. The zero-order valence-electron chi connectivity index (χ0n) is 14.3. The van der Waals surface area contributed by atoms with Gasteiger partial charge >= 0.3 is 0 Å². The van der Waals surface area contributed by atoms with E-state index in [9.17, 15) is 9.90 Å². The maximum atomic E-state index is 12.3. The van der Waals surface area contributed by atoms with Gasteiger partial charge in [-0.3, -0.25) is 4.79 Å². The Morgan fingerprint density at radius 1 is 1.32 bits per heavy atom. The SMILES string of the molecule is CC(C)(O)C#Cc1ccc(C(=O)NC[C@H]2OCCc3ccccc32)o1. The van der Waals surface area contributed by atoms with Crippen LogP contribution in [0, 0.1) is 11.8 Å². The van der Waals surface area contributed by atoms with Gasteiger partial charge in [0.1, 0.15) is 11.7 Å². The average molecular weight is 339 g/mol. The van der Waals surface area contributed by atoms with Crippen molar-refractivity contribution in [3.8, 4) is 11.8 Å². The van der Waals surface area contributed by atoms with Gasteiger partial charge in [0.05, 0.1) is 6.61 Å². The molecule has 1 aliphatic rings. The third-order valence-electron chi connectivity index (χ3n) is 3.86. The van der Waals surface area contributed by atoms with E-state index in [0.29, 0.717) is 18.9 Å². The van der Waals surface area contributed by atoms with E-state index in [2.05, 4.69) is 23.2 Å². The van der Waals surface area contributed by atoms with Crippen LogP contribution in [0.3, 0.4) is 0 Å². The number of carbonyl (C=O) groups excluding carboxylic acids is 1. The summed E-state index contributed by atoms with van der Waals surface area (Å²) in [6, 6.07) is 11.3. The molecule has 0 fully saturated rings. The van der Waals surface area contributed by atoms with E-state index in [4.69, 9.17) is 9.15 Å². The molecule has 5 heteroatoms. The van der Waals surface area contributed by atoms with E-state index in [0.717, 1.165) is 12.0 Å². The Kier molecular flexibility index (Phi) is 4.93. The minimum absolute atomic E-state index is 0.154. The number of nitrogens with one attached hydrogen (secondary N) is 1. The van der Waals surface area contributed by atoms with E-state index in [1.807, 2.05) is 18.2 Å². The van der Waals surface area contributed by atoms with Crippen LogP contribution in [-0.2, 0) is 11.2 Å². The molecule has 0 unspecified atom stereocenters. The number of hydrogen-bond donors (Lipinski definition) is 2. The number of furan rings is 1. The van der Waals surface area contributed by atoms with Crippen molar-refractivity contribution < 1.29 is 19.1 Å². The summed E-state index contributed by atoms with van der Waals surface area (Å²) in [5.74, 6) is 5.56. The molecule has 1 amide bonds. The summed E-state index contributed by atoms with van der Waals surface area (Å²) < 4.78 is 11.2. The van der Waals surface area contributed by atoms with Crippen LogP contribution in [0.5, 0.6) is 0 Å². The maximum absolute atomic E-state index is 12.3. The standard InChI is InChI=1S/C20H21NO4/c1-20(2,23)11-9-15-7-8-17(25-15)19(22)21-13-18-16-6-4-3-5-14(16)10-12-24-18/h3-8,18,23H,10,12-13H2,1-2H3,(H,21,22)/t18-/m1/s1. The number of hydrogen-bond acceptors (Lipinski definition) is 4. The van der Waals surface area contributed by atoms with Crippen molar-refractivity contribution in [2.75, 3.05) is 13.2 Å². The molecule has 1 aromatic carbocycles. The fourth-order valence-electron chi connectivity index (χ4n) is 2.66. The van der Waals surface area contributed by atoms with Crippen LogP contribution >= 0.6 is 0 Å². The Labute approximate surface area is 147 Å². The molecule has 1 aliphatic heterocycles. The first kappa shape index (κ1) is 17.3. The first-order valence-corrected chi connectivity index (χ1v) is 8.25. The second-order valence-corrected chi connectivity index (χ2v) is 6.49. The monoisotopic (exact) mass is 339 g/mol. The van der Waals surface area contributed by atoms with E-state index >= 15 is 0 Å². The molecule has 0 spiro atoms. The molecule has 5 nitrogen and oxygen atoms in total. The van der Waals surface area contributed by atoms with Gasteiger partial charge in [-0.15, -0.1) is 0 Å². The first-order chi connectivity index (χ1) is 11.9. The highest BCUT2D eigenvalue weighted by atomic mass is 16.5.